The van der Waals surface area contributed by atoms with Gasteiger partial charge in [-0.3, -0.25) is 4.79 Å². The van der Waals surface area contributed by atoms with Crippen LogP contribution in [0.3, 0.4) is 0 Å². The Morgan fingerprint density at radius 3 is 2.62 bits per heavy atom. The van der Waals surface area contributed by atoms with Crippen LogP contribution in [0.2, 0.25) is 10.0 Å². The average molecular weight is 463 g/mol. The third kappa shape index (κ3) is 4.00. The van der Waals surface area contributed by atoms with Crippen LogP contribution in [-0.4, -0.2) is 10.9 Å². The van der Waals surface area contributed by atoms with E-state index in [1.54, 1.807) is 42.5 Å². The normalized spacial score (nSPS) is 11.1. The van der Waals surface area contributed by atoms with E-state index in [2.05, 4.69) is 10.3 Å². The van der Waals surface area contributed by atoms with Crippen LogP contribution in [0, 0.1) is 6.92 Å². The lowest BCUT2D eigenvalue weighted by Crippen LogP contribution is -2.11. The van der Waals surface area contributed by atoms with Crippen molar-refractivity contribution in [2.75, 3.05) is 5.32 Å². The van der Waals surface area contributed by atoms with Crippen molar-refractivity contribution in [3.63, 3.8) is 0 Å². The van der Waals surface area contributed by atoms with Crippen LogP contribution in [0.25, 0.3) is 33.9 Å². The molecule has 1 N–H and O–H groups in total. The first kappa shape index (κ1) is 20.4. The number of halogens is 2. The molecule has 0 aliphatic carbocycles. The van der Waals surface area contributed by atoms with Gasteiger partial charge in [-0.15, -0.1) is 0 Å². The Hall–Kier alpha value is -3.54. The lowest BCUT2D eigenvalue weighted by molar-refractivity contribution is 0.0997. The Kier molecular flexibility index (Phi) is 5.21. The number of furan rings is 1. The summed E-state index contributed by atoms with van der Waals surface area (Å²) in [6.07, 6.45) is 0. The number of rotatable bonds is 4. The van der Waals surface area contributed by atoms with Crippen molar-refractivity contribution < 1.29 is 13.6 Å². The highest BCUT2D eigenvalue weighted by molar-refractivity contribution is 6.34. The van der Waals surface area contributed by atoms with Crippen molar-refractivity contribution >= 4 is 45.9 Å². The van der Waals surface area contributed by atoms with E-state index < -0.39 is 5.91 Å². The average Bonchev–Trinajstić information content (AvgIpc) is 3.42. The zero-order valence-electron chi connectivity index (χ0n) is 16.9. The number of benzene rings is 3. The van der Waals surface area contributed by atoms with Gasteiger partial charge in [0.25, 0.3) is 5.91 Å². The maximum atomic E-state index is 12.8. The summed E-state index contributed by atoms with van der Waals surface area (Å²) in [6, 6.07) is 21.5. The van der Waals surface area contributed by atoms with Gasteiger partial charge in [-0.2, -0.15) is 0 Å². The Morgan fingerprint density at radius 1 is 0.906 bits per heavy atom. The molecular weight excluding hydrogens is 447 g/mol. The fourth-order valence-electron chi connectivity index (χ4n) is 3.36. The maximum absolute atomic E-state index is 12.8. The molecule has 158 valence electrons. The van der Waals surface area contributed by atoms with E-state index in [0.29, 0.717) is 38.5 Å². The monoisotopic (exact) mass is 462 g/mol. The highest BCUT2D eigenvalue weighted by Crippen LogP contribution is 2.31. The summed E-state index contributed by atoms with van der Waals surface area (Å²) in [5, 5.41) is 3.77. The molecule has 7 heteroatoms. The van der Waals surface area contributed by atoms with Crippen LogP contribution in [0.5, 0.6) is 0 Å². The van der Waals surface area contributed by atoms with Crippen molar-refractivity contribution in [2.24, 2.45) is 0 Å². The van der Waals surface area contributed by atoms with Crippen molar-refractivity contribution in [1.29, 1.82) is 0 Å². The predicted octanol–water partition coefficient (Wildman–Crippen LogP) is 7.62. The fraction of sp³-hybridized carbons (Fsp3) is 0.0400. The lowest BCUT2D eigenvalue weighted by Gasteiger charge is -2.07. The van der Waals surface area contributed by atoms with E-state index in [9.17, 15) is 4.79 Å². The van der Waals surface area contributed by atoms with Gasteiger partial charge in [-0.05, 0) is 67.1 Å². The number of nitrogens with one attached hydrogen (secondary N) is 1. The Labute approximate surface area is 193 Å². The molecule has 32 heavy (non-hydrogen) atoms. The first-order valence-electron chi connectivity index (χ1n) is 9.80. The van der Waals surface area contributed by atoms with Gasteiger partial charge in [0.15, 0.2) is 11.3 Å². The lowest BCUT2D eigenvalue weighted by atomic mass is 10.2. The van der Waals surface area contributed by atoms with Crippen LogP contribution in [-0.2, 0) is 0 Å². The van der Waals surface area contributed by atoms with Crippen molar-refractivity contribution in [1.82, 2.24) is 4.98 Å². The Balaban J connectivity index is 1.41. The van der Waals surface area contributed by atoms with Gasteiger partial charge in [-0.1, -0.05) is 41.4 Å². The van der Waals surface area contributed by atoms with E-state index in [1.807, 2.05) is 37.3 Å². The molecule has 0 atom stereocenters. The third-order valence-corrected chi connectivity index (χ3v) is 5.51. The zero-order valence-corrected chi connectivity index (χ0v) is 18.4. The molecule has 2 aromatic heterocycles. The van der Waals surface area contributed by atoms with Gasteiger partial charge in [-0.25, -0.2) is 4.98 Å². The molecule has 5 nitrogen and oxygen atoms in total. The maximum Gasteiger partial charge on any atom is 0.291 e. The number of oxazole rings is 1. The van der Waals surface area contributed by atoms with Gasteiger partial charge in [0.1, 0.15) is 11.3 Å². The van der Waals surface area contributed by atoms with E-state index in [4.69, 9.17) is 32.0 Å². The van der Waals surface area contributed by atoms with E-state index in [-0.39, 0.29) is 5.76 Å². The predicted molar refractivity (Wildman–Crippen MR) is 126 cm³/mol. The largest absolute Gasteiger partial charge is 0.451 e. The summed E-state index contributed by atoms with van der Waals surface area (Å²) >= 11 is 12.4. The minimum absolute atomic E-state index is 0.152. The second-order valence-electron chi connectivity index (χ2n) is 7.31. The number of fused-ring (bicyclic) bond motifs is 1. The van der Waals surface area contributed by atoms with Crippen molar-refractivity contribution in [3.8, 4) is 22.8 Å². The highest BCUT2D eigenvalue weighted by atomic mass is 35.5. The molecule has 2 heterocycles. The molecule has 0 saturated heterocycles. The summed E-state index contributed by atoms with van der Waals surface area (Å²) in [7, 11) is 0. The molecule has 5 rings (SSSR count). The minimum atomic E-state index is -0.425. The number of aromatic nitrogens is 1. The summed E-state index contributed by atoms with van der Waals surface area (Å²) in [6.45, 7) is 2.00. The number of carbonyl (C=O) groups is 1. The van der Waals surface area contributed by atoms with E-state index in [1.165, 1.54) is 0 Å². The fourth-order valence-corrected chi connectivity index (χ4v) is 3.71. The molecule has 0 radical (unpaired) electrons. The van der Waals surface area contributed by atoms with Crippen LogP contribution < -0.4 is 5.32 Å². The molecular formula is C25H16Cl2N2O3. The first-order valence-corrected chi connectivity index (χ1v) is 10.6. The third-order valence-electron chi connectivity index (χ3n) is 4.94. The van der Waals surface area contributed by atoms with Crippen LogP contribution in [0.1, 0.15) is 16.1 Å². The molecule has 0 bridgehead atoms. The summed E-state index contributed by atoms with van der Waals surface area (Å²) in [5.41, 5.74) is 4.45. The van der Waals surface area contributed by atoms with Crippen molar-refractivity contribution in [3.05, 3.63) is 94.2 Å². The van der Waals surface area contributed by atoms with Gasteiger partial charge >= 0.3 is 0 Å². The van der Waals surface area contributed by atoms with Gasteiger partial charge < -0.3 is 14.2 Å². The van der Waals surface area contributed by atoms with Crippen molar-refractivity contribution in [2.45, 2.75) is 6.92 Å². The molecule has 0 fully saturated rings. The van der Waals surface area contributed by atoms with E-state index in [0.717, 1.165) is 16.6 Å². The molecule has 0 saturated carbocycles. The molecule has 3 aromatic carbocycles. The smallest absolute Gasteiger partial charge is 0.291 e. The number of anilines is 1. The van der Waals surface area contributed by atoms with Crippen LogP contribution in [0.15, 0.2) is 81.6 Å². The number of amides is 1. The molecule has 0 unspecified atom stereocenters. The highest BCUT2D eigenvalue weighted by Gasteiger charge is 2.16. The first-order chi connectivity index (χ1) is 15.5. The van der Waals surface area contributed by atoms with Crippen LogP contribution >= 0.6 is 23.2 Å². The Morgan fingerprint density at radius 2 is 1.78 bits per heavy atom. The number of aryl methyl sites for hydroxylation is 1. The Bertz CT molecular complexity index is 1470. The quantitative estimate of drug-likeness (QED) is 0.298. The SMILES string of the molecule is Cc1ccc2oc(-c3ccc(Cl)c(NC(=O)c4ccc(-c5cccc(Cl)c5)o4)c3)nc2c1. The second-order valence-corrected chi connectivity index (χ2v) is 8.16. The van der Waals surface area contributed by atoms with Crippen LogP contribution in [0.4, 0.5) is 5.69 Å². The molecule has 0 aliphatic rings. The number of hydrogen-bond acceptors (Lipinski definition) is 4. The molecule has 5 aromatic rings. The van der Waals surface area contributed by atoms with Gasteiger partial charge in [0.2, 0.25) is 5.89 Å². The number of hydrogen-bond donors (Lipinski definition) is 1. The second kappa shape index (κ2) is 8.19. The summed E-state index contributed by atoms with van der Waals surface area (Å²) < 4.78 is 11.6. The molecule has 1 amide bonds. The standard InChI is InChI=1S/C25H16Cl2N2O3/c1-14-5-8-22-20(11-14)29-25(32-22)16-6-7-18(27)19(13-16)28-24(30)23-10-9-21(31-23)15-3-2-4-17(26)12-15/h2-13H,1H3,(H,28,30). The minimum Gasteiger partial charge on any atom is -0.451 e. The molecule has 0 aliphatic heterocycles. The number of nitrogens with zero attached hydrogens (tertiary/aromatic N) is 1. The van der Waals surface area contributed by atoms with Gasteiger partial charge in [0.05, 0.1) is 10.7 Å². The molecule has 0 spiro atoms. The van der Waals surface area contributed by atoms with E-state index >= 15 is 0 Å². The summed E-state index contributed by atoms with van der Waals surface area (Å²) in [4.78, 5) is 17.3. The zero-order chi connectivity index (χ0) is 22.2. The van der Waals surface area contributed by atoms with Gasteiger partial charge in [0, 0.05) is 16.1 Å². The topological polar surface area (TPSA) is 68.3 Å². The summed E-state index contributed by atoms with van der Waals surface area (Å²) in [5.74, 6) is 0.711. The number of carbonyl (C=O) groups excluding carboxylic acids is 1.